The molecule has 0 spiro atoms. The Morgan fingerprint density at radius 1 is 1.16 bits per heavy atom. The third kappa shape index (κ3) is 4.17. The van der Waals surface area contributed by atoms with E-state index in [1.165, 1.54) is 0 Å². The van der Waals surface area contributed by atoms with Crippen molar-refractivity contribution in [2.24, 2.45) is 0 Å². The summed E-state index contributed by atoms with van der Waals surface area (Å²) in [5, 5.41) is 0. The molecule has 25 heavy (non-hydrogen) atoms. The molecule has 1 aromatic heterocycles. The van der Waals surface area contributed by atoms with Crippen molar-refractivity contribution in [3.63, 3.8) is 0 Å². The van der Waals surface area contributed by atoms with Crippen LogP contribution < -0.4 is 4.90 Å². The van der Waals surface area contributed by atoms with Crippen molar-refractivity contribution in [3.8, 4) is 0 Å². The molecule has 0 aliphatic rings. The fraction of sp³-hybridized carbons (Fsp3) is 0.400. The molecule has 0 aliphatic heterocycles. The topological polar surface area (TPSA) is 63.6 Å². The summed E-state index contributed by atoms with van der Waals surface area (Å²) in [7, 11) is 3.95. The predicted molar refractivity (Wildman–Crippen MR) is 97.3 cm³/mol. The second kappa shape index (κ2) is 8.12. The zero-order valence-corrected chi connectivity index (χ0v) is 15.6. The van der Waals surface area contributed by atoms with E-state index in [2.05, 4.69) is 4.98 Å². The van der Waals surface area contributed by atoms with E-state index in [1.54, 1.807) is 20.8 Å². The predicted octanol–water partition coefficient (Wildman–Crippen LogP) is 1.75. The van der Waals surface area contributed by atoms with Crippen LogP contribution in [0.1, 0.15) is 44.6 Å². The summed E-state index contributed by atoms with van der Waals surface area (Å²) >= 11 is 0. The monoisotopic (exact) mass is 343 g/mol. The molecule has 0 aliphatic carbocycles. The summed E-state index contributed by atoms with van der Waals surface area (Å²) in [6, 6.07) is 9.75. The summed E-state index contributed by atoms with van der Waals surface area (Å²) in [6.45, 7) is 5.68. The zero-order chi connectivity index (χ0) is 18.6. The number of benzene rings is 1. The second-order valence-electron chi connectivity index (χ2n) is 6.53. The molecule has 2 aromatic rings. The third-order valence-corrected chi connectivity index (χ3v) is 4.46. The number of rotatable bonds is 7. The number of quaternary nitrogens is 1. The Hall–Kier alpha value is -2.40. The van der Waals surface area contributed by atoms with Crippen LogP contribution in [0.25, 0.3) is 0 Å². The van der Waals surface area contributed by atoms with E-state index in [1.807, 2.05) is 44.4 Å². The molecule has 1 heterocycles. The van der Waals surface area contributed by atoms with E-state index in [-0.39, 0.29) is 17.8 Å². The summed E-state index contributed by atoms with van der Waals surface area (Å²) in [5.74, 6) is -0.371. The van der Waals surface area contributed by atoms with Gasteiger partial charge in [-0.25, -0.2) is 4.79 Å². The first-order valence-electron chi connectivity index (χ1n) is 8.61. The van der Waals surface area contributed by atoms with Crippen LogP contribution in [0.15, 0.2) is 30.3 Å². The Morgan fingerprint density at radius 2 is 1.80 bits per heavy atom. The van der Waals surface area contributed by atoms with Gasteiger partial charge in [0.15, 0.2) is 6.04 Å². The quantitative estimate of drug-likeness (QED) is 0.595. The van der Waals surface area contributed by atoms with Crippen LogP contribution >= 0.6 is 0 Å². The molecule has 0 unspecified atom stereocenters. The number of carbonyl (C=O) groups is 2. The summed E-state index contributed by atoms with van der Waals surface area (Å²) in [4.78, 5) is 29.5. The van der Waals surface area contributed by atoms with Crippen molar-refractivity contribution in [2.75, 3.05) is 20.7 Å². The Morgan fingerprint density at radius 3 is 2.36 bits per heavy atom. The van der Waals surface area contributed by atoms with Crippen molar-refractivity contribution in [1.82, 2.24) is 4.98 Å². The van der Waals surface area contributed by atoms with Crippen LogP contribution in [0.5, 0.6) is 0 Å². The lowest BCUT2D eigenvalue weighted by atomic mass is 9.97. The lowest BCUT2D eigenvalue weighted by Gasteiger charge is -2.20. The van der Waals surface area contributed by atoms with Crippen LogP contribution in [-0.4, -0.2) is 43.5 Å². The molecule has 0 saturated carbocycles. The molecule has 5 nitrogen and oxygen atoms in total. The first-order valence-corrected chi connectivity index (χ1v) is 8.61. The standard InChI is InChI=1S/C20H26N2O3/c1-6-25-20(24)17-13(2)18(21-14(17)3)19(23)16(22(4)5)12-15-10-8-7-9-11-15/h7-11,16,21H,6,12H2,1-5H3/p+1/t16-/m0/s1. The van der Waals surface area contributed by atoms with Crippen LogP contribution in [0.2, 0.25) is 0 Å². The number of hydrogen-bond donors (Lipinski definition) is 2. The first-order chi connectivity index (χ1) is 11.9. The van der Waals surface area contributed by atoms with Gasteiger partial charge in [-0.05, 0) is 31.9 Å². The molecule has 0 fully saturated rings. The Balaban J connectivity index is 2.34. The number of aryl methyl sites for hydroxylation is 1. The lowest BCUT2D eigenvalue weighted by Crippen LogP contribution is -3.11. The molecule has 0 saturated heterocycles. The van der Waals surface area contributed by atoms with E-state index >= 15 is 0 Å². The van der Waals surface area contributed by atoms with Gasteiger partial charge in [0.1, 0.15) is 0 Å². The highest BCUT2D eigenvalue weighted by molar-refractivity contribution is 6.03. The number of hydrogen-bond acceptors (Lipinski definition) is 3. The number of aromatic nitrogens is 1. The third-order valence-electron chi connectivity index (χ3n) is 4.46. The minimum absolute atomic E-state index is 0.0139. The smallest absolute Gasteiger partial charge is 0.340 e. The number of ether oxygens (including phenoxy) is 1. The highest BCUT2D eigenvalue weighted by atomic mass is 16.5. The normalized spacial score (nSPS) is 12.2. The number of likely N-dealkylation sites (N-methyl/N-ethyl adjacent to an activating group) is 1. The molecule has 5 heteroatoms. The summed E-state index contributed by atoms with van der Waals surface area (Å²) < 4.78 is 5.11. The minimum Gasteiger partial charge on any atom is -0.462 e. The van der Waals surface area contributed by atoms with Gasteiger partial charge in [0.25, 0.3) is 0 Å². The van der Waals surface area contributed by atoms with Gasteiger partial charge in [-0.1, -0.05) is 30.3 Å². The SMILES string of the molecule is CCOC(=O)c1c(C)[nH]c(C(=O)[C@H](Cc2ccccc2)[NH+](C)C)c1C. The van der Waals surface area contributed by atoms with Crippen LogP contribution in [-0.2, 0) is 11.2 Å². The number of aromatic amines is 1. The Kier molecular flexibility index (Phi) is 6.15. The second-order valence-corrected chi connectivity index (χ2v) is 6.53. The van der Waals surface area contributed by atoms with Gasteiger partial charge < -0.3 is 14.6 Å². The van der Waals surface area contributed by atoms with Gasteiger partial charge >= 0.3 is 5.97 Å². The highest BCUT2D eigenvalue weighted by Crippen LogP contribution is 2.20. The molecule has 134 valence electrons. The maximum absolute atomic E-state index is 13.2. The maximum atomic E-state index is 13.2. The molecule has 1 atom stereocenters. The van der Waals surface area contributed by atoms with Crippen molar-refractivity contribution in [1.29, 1.82) is 0 Å². The molecule has 0 bridgehead atoms. The average Bonchev–Trinajstić information content (AvgIpc) is 2.87. The van der Waals surface area contributed by atoms with Crippen LogP contribution in [0.3, 0.4) is 0 Å². The largest absolute Gasteiger partial charge is 0.462 e. The maximum Gasteiger partial charge on any atom is 0.340 e. The van der Waals surface area contributed by atoms with Crippen LogP contribution in [0.4, 0.5) is 0 Å². The first kappa shape index (κ1) is 18.9. The van der Waals surface area contributed by atoms with Gasteiger partial charge in [-0.2, -0.15) is 0 Å². The number of H-pyrrole nitrogens is 1. The average molecular weight is 343 g/mol. The zero-order valence-electron chi connectivity index (χ0n) is 15.6. The molecular weight excluding hydrogens is 316 g/mol. The van der Waals surface area contributed by atoms with Crippen molar-refractivity contribution in [2.45, 2.75) is 33.2 Å². The number of carbonyl (C=O) groups excluding carboxylic acids is 2. The molecule has 2 N–H and O–H groups in total. The number of Topliss-reactive ketones (excluding diaryl/α,β-unsaturated/α-hetero) is 1. The Labute approximate surface area is 149 Å². The van der Waals surface area contributed by atoms with E-state index in [9.17, 15) is 9.59 Å². The highest BCUT2D eigenvalue weighted by Gasteiger charge is 2.31. The lowest BCUT2D eigenvalue weighted by molar-refractivity contribution is -0.874. The molecule has 0 radical (unpaired) electrons. The fourth-order valence-electron chi connectivity index (χ4n) is 3.09. The molecule has 2 rings (SSSR count). The van der Waals surface area contributed by atoms with E-state index < -0.39 is 0 Å². The van der Waals surface area contributed by atoms with Gasteiger partial charge in [0.2, 0.25) is 5.78 Å². The van der Waals surface area contributed by atoms with Gasteiger partial charge in [0, 0.05) is 12.1 Å². The van der Waals surface area contributed by atoms with Crippen molar-refractivity contribution < 1.29 is 19.2 Å². The van der Waals surface area contributed by atoms with E-state index in [0.29, 0.717) is 35.5 Å². The molecule has 1 aromatic carbocycles. The van der Waals surface area contributed by atoms with Crippen molar-refractivity contribution in [3.05, 3.63) is 58.4 Å². The van der Waals surface area contributed by atoms with E-state index in [0.717, 1.165) is 10.5 Å². The fourth-order valence-corrected chi connectivity index (χ4v) is 3.09. The Bertz CT molecular complexity index is 748. The van der Waals surface area contributed by atoms with Gasteiger partial charge in [-0.3, -0.25) is 4.79 Å². The van der Waals surface area contributed by atoms with Crippen molar-refractivity contribution >= 4 is 11.8 Å². The van der Waals surface area contributed by atoms with E-state index in [4.69, 9.17) is 4.74 Å². The summed E-state index contributed by atoms with van der Waals surface area (Å²) in [5.41, 5.74) is 3.43. The van der Waals surface area contributed by atoms with Gasteiger partial charge in [-0.15, -0.1) is 0 Å². The van der Waals surface area contributed by atoms with Crippen LogP contribution in [0, 0.1) is 13.8 Å². The minimum atomic E-state index is -0.385. The number of nitrogens with one attached hydrogen (secondary N) is 2. The summed E-state index contributed by atoms with van der Waals surface area (Å²) in [6.07, 6.45) is 0.647. The number of esters is 1. The molecule has 0 amide bonds. The van der Waals surface area contributed by atoms with Gasteiger partial charge in [0.05, 0.1) is 32.0 Å². The number of ketones is 1. The molecular formula is C20H27N2O3+.